The second kappa shape index (κ2) is 11.9. The summed E-state index contributed by atoms with van der Waals surface area (Å²) in [5.41, 5.74) is 5.65. The number of thiazole rings is 1. The molecule has 3 N–H and O–H groups in total. The first-order valence-corrected chi connectivity index (χ1v) is 17.6. The number of aryl methyl sites for hydroxylation is 1. The summed E-state index contributed by atoms with van der Waals surface area (Å²) in [4.78, 5) is 18.8. The number of rotatable bonds is 10. The Balaban J connectivity index is 1.29. The average Bonchev–Trinajstić information content (AvgIpc) is 3.31. The Morgan fingerprint density at radius 2 is 1.98 bits per heavy atom. The van der Waals surface area contributed by atoms with Gasteiger partial charge in [0, 0.05) is 32.7 Å². The second-order valence-corrected chi connectivity index (χ2v) is 15.0. The first-order valence-electron chi connectivity index (χ1n) is 14.6. The minimum absolute atomic E-state index is 0.0177. The molecule has 44 heavy (non-hydrogen) atoms. The van der Waals surface area contributed by atoms with Crippen LogP contribution < -0.4 is 5.14 Å². The molecule has 3 heterocycles. The molecule has 2 aromatic carbocycles. The van der Waals surface area contributed by atoms with E-state index in [1.54, 1.807) is 10.7 Å². The van der Waals surface area contributed by atoms with Crippen molar-refractivity contribution < 1.29 is 18.8 Å². The first kappa shape index (κ1) is 29.4. The first-order chi connectivity index (χ1) is 21.2. The van der Waals surface area contributed by atoms with Gasteiger partial charge in [-0.15, -0.1) is 27.8 Å². The summed E-state index contributed by atoms with van der Waals surface area (Å²) in [6.45, 7) is 2.15. The maximum atomic E-state index is 14.9. The smallest absolute Gasteiger partial charge is 0.355 e. The van der Waals surface area contributed by atoms with E-state index in [-0.39, 0.29) is 10.6 Å². The molecule has 0 saturated heterocycles. The van der Waals surface area contributed by atoms with Gasteiger partial charge in [-0.05, 0) is 98.2 Å². The number of halogens is 1. The zero-order valence-electron chi connectivity index (χ0n) is 24.0. The van der Waals surface area contributed by atoms with Gasteiger partial charge in [-0.2, -0.15) is 5.10 Å². The summed E-state index contributed by atoms with van der Waals surface area (Å²) < 4.78 is 28.5. The fraction of sp³-hybridized carbons (Fsp3) is 0.303. The molecule has 2 saturated carbocycles. The molecule has 7 rings (SSSR count). The quantitative estimate of drug-likeness (QED) is 0.153. The van der Waals surface area contributed by atoms with Crippen LogP contribution >= 0.6 is 22.7 Å². The highest BCUT2D eigenvalue weighted by molar-refractivity contribution is 7.89. The highest BCUT2D eigenvalue weighted by Gasteiger charge is 2.33. The second-order valence-electron chi connectivity index (χ2n) is 11.8. The predicted molar refractivity (Wildman–Crippen MR) is 172 cm³/mol. The van der Waals surface area contributed by atoms with E-state index in [0.29, 0.717) is 34.9 Å². The standard InChI is InChI=1S/C33H31FN4O3S3/c1-18-5-9-29(43-18)24-15-23(16-24)21-3-2-4-22(14-21)31-25(11-20-8-10-30(44(35)41)26(34)12-20)28(13-19-6-7-19)38(37-31)33-36-27(17-42-33)32(39)40/h2-5,8-10,12,14,17,19,23-24H,6-7,11,13,15-16,35H2,1H3,(H,39,40)/t23-,24+,44?. The van der Waals surface area contributed by atoms with Crippen LogP contribution in [0.3, 0.4) is 0 Å². The topological polar surface area (TPSA) is 117 Å². The predicted octanol–water partition coefficient (Wildman–Crippen LogP) is 7.39. The summed E-state index contributed by atoms with van der Waals surface area (Å²) >= 11 is 1.21. The van der Waals surface area contributed by atoms with Crippen LogP contribution in [0.2, 0.25) is 0 Å². The van der Waals surface area contributed by atoms with Crippen LogP contribution in [0, 0.1) is 18.7 Å². The number of carboxylic acids is 1. The molecule has 0 spiro atoms. The molecule has 2 aliphatic carbocycles. The molecular weight excluding hydrogens is 616 g/mol. The van der Waals surface area contributed by atoms with Gasteiger partial charge in [0.2, 0.25) is 10.0 Å². The van der Waals surface area contributed by atoms with E-state index >= 15 is 0 Å². The molecule has 0 amide bonds. The van der Waals surface area contributed by atoms with Crippen LogP contribution in [0.25, 0.3) is 16.4 Å². The average molecular weight is 647 g/mol. The number of nitrogens with two attached hydrogens (primary N) is 1. The maximum absolute atomic E-state index is 14.9. The fourth-order valence-corrected chi connectivity index (χ4v) is 8.31. The van der Waals surface area contributed by atoms with Gasteiger partial charge in [-0.1, -0.05) is 24.3 Å². The Kier molecular flexibility index (Phi) is 7.92. The molecule has 7 nitrogen and oxygen atoms in total. The van der Waals surface area contributed by atoms with Gasteiger partial charge in [0.05, 0.1) is 22.7 Å². The molecule has 0 aliphatic heterocycles. The molecule has 0 radical (unpaired) electrons. The van der Waals surface area contributed by atoms with Gasteiger partial charge in [0.1, 0.15) is 0 Å². The Morgan fingerprint density at radius 1 is 1.16 bits per heavy atom. The van der Waals surface area contributed by atoms with Crippen molar-refractivity contribution in [1.82, 2.24) is 14.8 Å². The van der Waals surface area contributed by atoms with Crippen molar-refractivity contribution in [3.8, 4) is 16.4 Å². The van der Waals surface area contributed by atoms with Crippen molar-refractivity contribution in [3.63, 3.8) is 0 Å². The number of carbonyl (C=O) groups is 1. The molecule has 3 aromatic heterocycles. The van der Waals surface area contributed by atoms with E-state index in [1.165, 1.54) is 44.2 Å². The molecule has 2 fully saturated rings. The van der Waals surface area contributed by atoms with Crippen molar-refractivity contribution in [3.05, 3.63) is 104 Å². The Morgan fingerprint density at radius 3 is 2.64 bits per heavy atom. The van der Waals surface area contributed by atoms with E-state index < -0.39 is 23.1 Å². The number of hydrogen-bond acceptors (Lipinski definition) is 7. The number of hydrogen-bond donors (Lipinski definition) is 2. The Bertz CT molecular complexity index is 1850. The minimum atomic E-state index is -1.92. The van der Waals surface area contributed by atoms with Gasteiger partial charge >= 0.3 is 5.97 Å². The van der Waals surface area contributed by atoms with Crippen LogP contribution in [0.15, 0.2) is 64.9 Å². The van der Waals surface area contributed by atoms with Gasteiger partial charge < -0.3 is 9.66 Å². The van der Waals surface area contributed by atoms with Gasteiger partial charge in [-0.3, -0.25) is 0 Å². The molecule has 11 heteroatoms. The number of aromatic carboxylic acids is 1. The van der Waals surface area contributed by atoms with Crippen molar-refractivity contribution in [1.29, 1.82) is 0 Å². The lowest BCUT2D eigenvalue weighted by Gasteiger charge is -2.35. The maximum Gasteiger partial charge on any atom is 0.355 e. The summed E-state index contributed by atoms with van der Waals surface area (Å²) in [6.07, 6.45) is 5.63. The molecular formula is C33H31FN4O3S3. The fourth-order valence-electron chi connectivity index (χ4n) is 6.08. The van der Waals surface area contributed by atoms with Gasteiger partial charge in [-0.25, -0.2) is 18.9 Å². The molecule has 226 valence electrons. The lowest BCUT2D eigenvalue weighted by atomic mass is 9.70. The molecule has 5 aromatic rings. The van der Waals surface area contributed by atoms with Crippen molar-refractivity contribution in [2.45, 2.75) is 62.2 Å². The third-order valence-electron chi connectivity index (χ3n) is 8.69. The monoisotopic (exact) mass is 646 g/mol. The van der Waals surface area contributed by atoms with Crippen LogP contribution in [0.1, 0.15) is 80.1 Å². The minimum Gasteiger partial charge on any atom is -0.593 e. The summed E-state index contributed by atoms with van der Waals surface area (Å²) in [7, 11) is 0. The normalized spacial score (nSPS) is 18.7. The number of aromatic nitrogens is 3. The number of benzene rings is 2. The highest BCUT2D eigenvalue weighted by Crippen LogP contribution is 2.49. The van der Waals surface area contributed by atoms with Crippen LogP contribution in [-0.2, 0) is 24.2 Å². The third kappa shape index (κ3) is 5.87. The summed E-state index contributed by atoms with van der Waals surface area (Å²) in [5.74, 6) is -0.115. The number of carboxylic acid groups (broad SMARTS) is 1. The van der Waals surface area contributed by atoms with Crippen molar-refractivity contribution in [2.24, 2.45) is 11.1 Å². The SMILES string of the molecule is Cc1ccc([C@H]2C[C@@H](c3cccc(-c4nn(-c5nc(C(=O)O)cs5)c(CC5CC5)c4Cc4ccc([S+](N)[O-])c(F)c4)c3)C2)s1. The Hall–Kier alpha value is -3.35. The van der Waals surface area contributed by atoms with Crippen molar-refractivity contribution in [2.75, 3.05) is 0 Å². The van der Waals surface area contributed by atoms with E-state index in [2.05, 4.69) is 48.3 Å². The van der Waals surface area contributed by atoms with Crippen LogP contribution in [-0.4, -0.2) is 30.4 Å². The highest BCUT2D eigenvalue weighted by atomic mass is 32.2. The zero-order valence-corrected chi connectivity index (χ0v) is 26.5. The molecule has 1 atom stereocenters. The van der Waals surface area contributed by atoms with Crippen LogP contribution in [0.4, 0.5) is 4.39 Å². The third-order valence-corrected chi connectivity index (χ3v) is 11.4. The number of nitrogens with zero attached hydrogens (tertiary/aromatic N) is 3. The lowest BCUT2D eigenvalue weighted by molar-refractivity contribution is 0.0691. The zero-order chi connectivity index (χ0) is 30.5. The largest absolute Gasteiger partial charge is 0.593 e. The summed E-state index contributed by atoms with van der Waals surface area (Å²) in [5, 5.41) is 22.1. The molecule has 1 unspecified atom stereocenters. The number of thiophene rings is 1. The van der Waals surface area contributed by atoms with Gasteiger partial charge in [0.15, 0.2) is 11.5 Å². The van der Waals surface area contributed by atoms with E-state index in [0.717, 1.165) is 54.6 Å². The van der Waals surface area contributed by atoms with E-state index in [9.17, 15) is 18.8 Å². The lowest BCUT2D eigenvalue weighted by Crippen LogP contribution is -2.19. The van der Waals surface area contributed by atoms with Gasteiger partial charge in [0.25, 0.3) is 0 Å². The molecule has 2 aliphatic rings. The van der Waals surface area contributed by atoms with E-state index in [4.69, 9.17) is 10.2 Å². The Labute approximate surface area is 265 Å². The molecule has 0 bridgehead atoms. The summed E-state index contributed by atoms with van der Waals surface area (Å²) in [6, 6.07) is 17.6. The van der Waals surface area contributed by atoms with E-state index in [1.807, 2.05) is 11.3 Å². The van der Waals surface area contributed by atoms with Crippen LogP contribution in [0.5, 0.6) is 0 Å². The van der Waals surface area contributed by atoms with Crippen molar-refractivity contribution >= 4 is 40.0 Å².